The molecule has 0 aliphatic carbocycles. The fraction of sp³-hybridized carbons (Fsp3) is 0.571. The number of nitrogens with one attached hydrogen (secondary N) is 1. The van der Waals surface area contributed by atoms with Crippen molar-refractivity contribution in [3.8, 4) is 0 Å². The number of hydrogen-bond donors (Lipinski definition) is 1. The van der Waals surface area contributed by atoms with Crippen LogP contribution in [0.5, 0.6) is 0 Å². The van der Waals surface area contributed by atoms with Gasteiger partial charge in [0.05, 0.1) is 4.90 Å². The third-order valence-corrected chi connectivity index (χ3v) is 7.04. The van der Waals surface area contributed by atoms with E-state index in [-0.39, 0.29) is 4.90 Å². The van der Waals surface area contributed by atoms with Crippen LogP contribution in [0.25, 0.3) is 0 Å². The molecule has 1 N–H and O–H groups in total. The van der Waals surface area contributed by atoms with E-state index >= 15 is 0 Å². The van der Waals surface area contributed by atoms with E-state index in [2.05, 4.69) is 42.8 Å². The van der Waals surface area contributed by atoms with Gasteiger partial charge in [0.1, 0.15) is 0 Å². The lowest BCUT2D eigenvalue weighted by molar-refractivity contribution is 0.573. The summed E-state index contributed by atoms with van der Waals surface area (Å²) in [6, 6.07) is 3.45. The molecule has 0 fully saturated rings. The molecule has 21 heavy (non-hydrogen) atoms. The van der Waals surface area contributed by atoms with Gasteiger partial charge < -0.3 is 0 Å². The Morgan fingerprint density at radius 1 is 1.10 bits per heavy atom. The standard InChI is InChI=1S/C14H21Br2NO2S2/c1-11-9-13(16)14(10-12(11)15)21(18,19)17-7-5-3-4-6-8-20-2/h9-10,17H,3-8H2,1-2H3. The number of rotatable bonds is 9. The van der Waals surface area contributed by atoms with Crippen molar-refractivity contribution >= 4 is 53.6 Å². The topological polar surface area (TPSA) is 46.2 Å². The SMILES string of the molecule is CSCCCCCCNS(=O)(=O)c1cc(Br)c(C)cc1Br. The zero-order chi connectivity index (χ0) is 15.9. The van der Waals surface area contributed by atoms with Gasteiger partial charge in [0.15, 0.2) is 0 Å². The van der Waals surface area contributed by atoms with Crippen LogP contribution in [0.3, 0.4) is 0 Å². The molecule has 0 amide bonds. The van der Waals surface area contributed by atoms with Gasteiger partial charge in [0.2, 0.25) is 10.0 Å². The van der Waals surface area contributed by atoms with Gasteiger partial charge >= 0.3 is 0 Å². The van der Waals surface area contributed by atoms with E-state index in [1.54, 1.807) is 12.1 Å². The average molecular weight is 459 g/mol. The van der Waals surface area contributed by atoms with Crippen LogP contribution >= 0.6 is 43.6 Å². The zero-order valence-corrected chi connectivity index (χ0v) is 17.1. The molecule has 0 atom stereocenters. The van der Waals surface area contributed by atoms with Crippen molar-refractivity contribution < 1.29 is 8.42 Å². The van der Waals surface area contributed by atoms with Crippen molar-refractivity contribution in [2.45, 2.75) is 37.5 Å². The van der Waals surface area contributed by atoms with Gasteiger partial charge in [-0.05, 0) is 65.4 Å². The van der Waals surface area contributed by atoms with E-state index in [9.17, 15) is 8.42 Å². The molecule has 7 heteroatoms. The van der Waals surface area contributed by atoms with Gasteiger partial charge in [-0.15, -0.1) is 0 Å². The van der Waals surface area contributed by atoms with E-state index in [4.69, 9.17) is 0 Å². The molecule has 0 aliphatic heterocycles. The Bertz CT molecular complexity index is 562. The third kappa shape index (κ3) is 6.60. The molecule has 1 aromatic rings. The second kappa shape index (κ2) is 9.55. The molecule has 0 radical (unpaired) electrons. The van der Waals surface area contributed by atoms with Crippen LogP contribution in [0.15, 0.2) is 26.0 Å². The van der Waals surface area contributed by atoms with Gasteiger partial charge in [-0.25, -0.2) is 13.1 Å². The van der Waals surface area contributed by atoms with E-state index in [0.29, 0.717) is 11.0 Å². The van der Waals surface area contributed by atoms with Gasteiger partial charge in [-0.3, -0.25) is 0 Å². The van der Waals surface area contributed by atoms with Gasteiger partial charge in [-0.1, -0.05) is 28.8 Å². The molecular formula is C14H21Br2NO2S2. The molecule has 0 unspecified atom stereocenters. The highest BCUT2D eigenvalue weighted by molar-refractivity contribution is 9.11. The van der Waals surface area contributed by atoms with Crippen LogP contribution in [0, 0.1) is 6.92 Å². The van der Waals surface area contributed by atoms with E-state index in [0.717, 1.165) is 29.3 Å². The van der Waals surface area contributed by atoms with Gasteiger partial charge in [0, 0.05) is 15.5 Å². The first-order valence-electron chi connectivity index (χ1n) is 6.82. The summed E-state index contributed by atoms with van der Waals surface area (Å²) < 4.78 is 28.6. The monoisotopic (exact) mass is 457 g/mol. The van der Waals surface area contributed by atoms with Crippen molar-refractivity contribution in [1.29, 1.82) is 0 Å². The first-order valence-corrected chi connectivity index (χ1v) is 11.3. The molecule has 0 saturated carbocycles. The zero-order valence-electron chi connectivity index (χ0n) is 12.3. The molecule has 0 saturated heterocycles. The van der Waals surface area contributed by atoms with Crippen molar-refractivity contribution in [2.75, 3.05) is 18.6 Å². The quantitative estimate of drug-likeness (QED) is 0.544. The molecule has 0 aliphatic rings. The molecule has 120 valence electrons. The van der Waals surface area contributed by atoms with Crippen molar-refractivity contribution in [3.05, 3.63) is 26.6 Å². The summed E-state index contributed by atoms with van der Waals surface area (Å²) in [6.07, 6.45) is 6.39. The first-order chi connectivity index (χ1) is 9.88. The highest BCUT2D eigenvalue weighted by Gasteiger charge is 2.18. The summed E-state index contributed by atoms with van der Waals surface area (Å²) in [7, 11) is -3.46. The molecule has 1 rings (SSSR count). The summed E-state index contributed by atoms with van der Waals surface area (Å²) in [5, 5.41) is 0. The van der Waals surface area contributed by atoms with E-state index in [1.807, 2.05) is 18.7 Å². The minimum absolute atomic E-state index is 0.280. The maximum absolute atomic E-state index is 12.3. The predicted octanol–water partition coefficient (Wildman–Crippen LogP) is 4.72. The van der Waals surface area contributed by atoms with Crippen LogP contribution in [0.2, 0.25) is 0 Å². The number of benzene rings is 1. The number of hydrogen-bond acceptors (Lipinski definition) is 3. The van der Waals surface area contributed by atoms with Crippen molar-refractivity contribution in [3.63, 3.8) is 0 Å². The van der Waals surface area contributed by atoms with Crippen LogP contribution in [0.1, 0.15) is 31.2 Å². The smallest absolute Gasteiger partial charge is 0.211 e. The lowest BCUT2D eigenvalue weighted by atomic mass is 10.2. The fourth-order valence-corrected chi connectivity index (χ4v) is 5.09. The summed E-state index contributed by atoms with van der Waals surface area (Å²) >= 11 is 8.55. The first kappa shape index (κ1) is 19.5. The lowest BCUT2D eigenvalue weighted by Gasteiger charge is -2.10. The van der Waals surface area contributed by atoms with Crippen LogP contribution in [0.4, 0.5) is 0 Å². The molecule has 0 bridgehead atoms. The lowest BCUT2D eigenvalue weighted by Crippen LogP contribution is -2.25. The van der Waals surface area contributed by atoms with Crippen molar-refractivity contribution in [2.24, 2.45) is 0 Å². The minimum Gasteiger partial charge on any atom is -0.211 e. The second-order valence-corrected chi connectivity index (χ2v) is 9.27. The normalized spacial score (nSPS) is 11.8. The minimum atomic E-state index is -3.46. The Kier molecular flexibility index (Phi) is 8.86. The van der Waals surface area contributed by atoms with E-state index in [1.165, 1.54) is 12.2 Å². The largest absolute Gasteiger partial charge is 0.241 e. The maximum atomic E-state index is 12.3. The molecule has 0 spiro atoms. The Morgan fingerprint density at radius 3 is 2.43 bits per heavy atom. The third-order valence-electron chi connectivity index (χ3n) is 3.07. The van der Waals surface area contributed by atoms with Crippen LogP contribution < -0.4 is 4.72 Å². The Morgan fingerprint density at radius 2 is 1.76 bits per heavy atom. The molecule has 3 nitrogen and oxygen atoms in total. The predicted molar refractivity (Wildman–Crippen MR) is 98.6 cm³/mol. The number of halogens is 2. The summed E-state index contributed by atoms with van der Waals surface area (Å²) in [5.74, 6) is 1.18. The Labute approximate surface area is 149 Å². The van der Waals surface area contributed by atoms with Gasteiger partial charge in [0.25, 0.3) is 0 Å². The molecular weight excluding hydrogens is 438 g/mol. The van der Waals surface area contributed by atoms with E-state index < -0.39 is 10.0 Å². The summed E-state index contributed by atoms with van der Waals surface area (Å²) in [5.41, 5.74) is 0.995. The summed E-state index contributed by atoms with van der Waals surface area (Å²) in [6.45, 7) is 2.41. The maximum Gasteiger partial charge on any atom is 0.241 e. The molecule has 1 aromatic carbocycles. The molecule has 0 aromatic heterocycles. The van der Waals surface area contributed by atoms with Crippen molar-refractivity contribution in [1.82, 2.24) is 4.72 Å². The molecule has 0 heterocycles. The highest BCUT2D eigenvalue weighted by Crippen LogP contribution is 2.28. The number of sulfonamides is 1. The average Bonchev–Trinajstić information content (AvgIpc) is 2.41. The highest BCUT2D eigenvalue weighted by atomic mass is 79.9. The fourth-order valence-electron chi connectivity index (χ4n) is 1.84. The second-order valence-electron chi connectivity index (χ2n) is 4.84. The number of unbranched alkanes of at least 4 members (excludes halogenated alkanes) is 3. The number of aryl methyl sites for hydroxylation is 1. The summed E-state index contributed by atoms with van der Waals surface area (Å²) in [4.78, 5) is 0.280. The number of thioether (sulfide) groups is 1. The Hall–Kier alpha value is 0.440. The van der Waals surface area contributed by atoms with Gasteiger partial charge in [-0.2, -0.15) is 11.8 Å². The van der Waals surface area contributed by atoms with Crippen LogP contribution in [-0.4, -0.2) is 27.0 Å². The Balaban J connectivity index is 2.53. The van der Waals surface area contributed by atoms with Crippen LogP contribution in [-0.2, 0) is 10.0 Å².